The van der Waals surface area contributed by atoms with Gasteiger partial charge in [0.1, 0.15) is 18.5 Å². The van der Waals surface area contributed by atoms with Crippen LogP contribution in [0.1, 0.15) is 22.8 Å². The van der Waals surface area contributed by atoms with Crippen molar-refractivity contribution in [1.82, 2.24) is 0 Å². The minimum Gasteiger partial charge on any atom is -0.490 e. The largest absolute Gasteiger partial charge is 0.490 e. The summed E-state index contributed by atoms with van der Waals surface area (Å²) < 4.78 is 48.4. The summed E-state index contributed by atoms with van der Waals surface area (Å²) in [6.07, 6.45) is -5.84. The molecule has 1 unspecified atom stereocenters. The standard InChI is InChI=1S/C13H15F3O5/c1-2-20-6-9(17)7-21-11-4-3-8(12(18)19)5-10(11)13(14,15)16/h3-5,9,17H,2,6-7H2,1H3,(H,18,19). The van der Waals surface area contributed by atoms with Crippen LogP contribution in [0.2, 0.25) is 0 Å². The maximum absolute atomic E-state index is 12.9. The van der Waals surface area contributed by atoms with Crippen molar-refractivity contribution >= 4 is 5.97 Å². The first-order valence-electron chi connectivity index (χ1n) is 6.08. The summed E-state index contributed by atoms with van der Waals surface area (Å²) in [6, 6.07) is 2.41. The number of carboxylic acid groups (broad SMARTS) is 1. The molecule has 21 heavy (non-hydrogen) atoms. The maximum Gasteiger partial charge on any atom is 0.419 e. The molecule has 118 valence electrons. The lowest BCUT2D eigenvalue weighted by Gasteiger charge is -2.16. The first kappa shape index (κ1) is 17.3. The predicted octanol–water partition coefficient (Wildman–Crippen LogP) is 2.18. The number of aromatic carboxylic acids is 1. The Labute approximate surface area is 118 Å². The molecule has 0 aliphatic carbocycles. The zero-order valence-corrected chi connectivity index (χ0v) is 11.2. The molecule has 0 heterocycles. The number of hydrogen-bond acceptors (Lipinski definition) is 4. The molecule has 0 aliphatic heterocycles. The van der Waals surface area contributed by atoms with Crippen LogP contribution in [0, 0.1) is 0 Å². The van der Waals surface area contributed by atoms with Crippen LogP contribution in [0.25, 0.3) is 0 Å². The molecule has 0 saturated carbocycles. The fourth-order valence-electron chi connectivity index (χ4n) is 1.50. The summed E-state index contributed by atoms with van der Waals surface area (Å²) in [5.41, 5.74) is -1.70. The molecule has 0 aliphatic rings. The number of hydrogen-bond donors (Lipinski definition) is 2. The molecule has 1 atom stereocenters. The SMILES string of the molecule is CCOCC(O)COc1ccc(C(=O)O)cc1C(F)(F)F. The second-order valence-electron chi connectivity index (χ2n) is 4.14. The van der Waals surface area contributed by atoms with Gasteiger partial charge in [0.25, 0.3) is 0 Å². The summed E-state index contributed by atoms with van der Waals surface area (Å²) in [7, 11) is 0. The van der Waals surface area contributed by atoms with Crippen molar-refractivity contribution in [3.8, 4) is 5.75 Å². The monoisotopic (exact) mass is 308 g/mol. The van der Waals surface area contributed by atoms with Crippen LogP contribution in [0.15, 0.2) is 18.2 Å². The highest BCUT2D eigenvalue weighted by Crippen LogP contribution is 2.36. The van der Waals surface area contributed by atoms with E-state index in [1.807, 2.05) is 0 Å². The smallest absolute Gasteiger partial charge is 0.419 e. The Hall–Kier alpha value is -1.80. The topological polar surface area (TPSA) is 76.0 Å². The average Bonchev–Trinajstić information content (AvgIpc) is 2.41. The number of rotatable bonds is 7. The van der Waals surface area contributed by atoms with Gasteiger partial charge in [0.15, 0.2) is 0 Å². The van der Waals surface area contributed by atoms with Gasteiger partial charge in [0.2, 0.25) is 0 Å². The van der Waals surface area contributed by atoms with Crippen LogP contribution < -0.4 is 4.74 Å². The number of aliphatic hydroxyl groups is 1. The van der Waals surface area contributed by atoms with Gasteiger partial charge in [-0.15, -0.1) is 0 Å². The fraction of sp³-hybridized carbons (Fsp3) is 0.462. The van der Waals surface area contributed by atoms with Crippen molar-refractivity contribution in [3.05, 3.63) is 29.3 Å². The van der Waals surface area contributed by atoms with Crippen molar-refractivity contribution in [1.29, 1.82) is 0 Å². The van der Waals surface area contributed by atoms with Gasteiger partial charge >= 0.3 is 12.1 Å². The number of halogens is 3. The van der Waals surface area contributed by atoms with E-state index in [1.165, 1.54) is 0 Å². The molecule has 0 amide bonds. The van der Waals surface area contributed by atoms with Gasteiger partial charge in [0.05, 0.1) is 17.7 Å². The molecule has 0 fully saturated rings. The van der Waals surface area contributed by atoms with Gasteiger partial charge < -0.3 is 19.7 Å². The molecule has 0 radical (unpaired) electrons. The molecule has 0 aromatic heterocycles. The van der Waals surface area contributed by atoms with Crippen molar-refractivity contribution in [2.75, 3.05) is 19.8 Å². The summed E-state index contributed by atoms with van der Waals surface area (Å²) >= 11 is 0. The van der Waals surface area contributed by atoms with Gasteiger partial charge in [-0.25, -0.2) is 4.79 Å². The highest BCUT2D eigenvalue weighted by molar-refractivity contribution is 5.88. The Morgan fingerprint density at radius 3 is 2.52 bits per heavy atom. The first-order valence-corrected chi connectivity index (χ1v) is 6.08. The molecule has 1 rings (SSSR count). The second kappa shape index (κ2) is 7.28. The molecule has 0 spiro atoms. The Bertz CT molecular complexity index is 487. The molecule has 2 N–H and O–H groups in total. The van der Waals surface area contributed by atoms with Gasteiger partial charge in [-0.1, -0.05) is 0 Å². The molecular weight excluding hydrogens is 293 g/mol. The average molecular weight is 308 g/mol. The van der Waals surface area contributed by atoms with E-state index in [2.05, 4.69) is 0 Å². The molecule has 0 saturated heterocycles. The van der Waals surface area contributed by atoms with Crippen LogP contribution in [-0.2, 0) is 10.9 Å². The number of benzene rings is 1. The molecule has 0 bridgehead atoms. The summed E-state index contributed by atoms with van der Waals surface area (Å²) in [4.78, 5) is 10.7. The van der Waals surface area contributed by atoms with Crippen LogP contribution in [-0.4, -0.2) is 42.1 Å². The minimum atomic E-state index is -4.76. The predicted molar refractivity (Wildman–Crippen MR) is 66.4 cm³/mol. The Kier molecular flexibility index (Phi) is 5.98. The molecule has 1 aromatic rings. The molecule has 1 aromatic carbocycles. The van der Waals surface area contributed by atoms with E-state index < -0.39 is 41.7 Å². The van der Waals surface area contributed by atoms with Gasteiger partial charge in [-0.2, -0.15) is 13.2 Å². The van der Waals surface area contributed by atoms with E-state index in [4.69, 9.17) is 14.6 Å². The molecular formula is C13H15F3O5. The third-order valence-electron chi connectivity index (χ3n) is 2.48. The third kappa shape index (κ3) is 5.24. The Balaban J connectivity index is 2.88. The van der Waals surface area contributed by atoms with Crippen molar-refractivity contribution in [2.24, 2.45) is 0 Å². The summed E-state index contributed by atoms with van der Waals surface area (Å²) in [5, 5.41) is 18.2. The van der Waals surface area contributed by atoms with Gasteiger partial charge in [-0.05, 0) is 25.1 Å². The summed E-state index contributed by atoms with van der Waals surface area (Å²) in [5.74, 6) is -2.01. The van der Waals surface area contributed by atoms with E-state index in [-0.39, 0.29) is 6.61 Å². The first-order chi connectivity index (χ1) is 9.75. The second-order valence-corrected chi connectivity index (χ2v) is 4.14. The lowest BCUT2D eigenvalue weighted by molar-refractivity contribution is -0.139. The van der Waals surface area contributed by atoms with E-state index >= 15 is 0 Å². The molecule has 5 nitrogen and oxygen atoms in total. The minimum absolute atomic E-state index is 0.0644. The molecule has 8 heteroatoms. The normalized spacial score (nSPS) is 13.0. The van der Waals surface area contributed by atoms with E-state index in [0.29, 0.717) is 12.7 Å². The van der Waals surface area contributed by atoms with E-state index in [0.717, 1.165) is 12.1 Å². The third-order valence-corrected chi connectivity index (χ3v) is 2.48. The lowest BCUT2D eigenvalue weighted by atomic mass is 10.1. The van der Waals surface area contributed by atoms with Crippen molar-refractivity contribution in [2.45, 2.75) is 19.2 Å². The number of carbonyl (C=O) groups is 1. The highest BCUT2D eigenvalue weighted by Gasteiger charge is 2.35. The fourth-order valence-corrected chi connectivity index (χ4v) is 1.50. The quantitative estimate of drug-likeness (QED) is 0.807. The van der Waals surface area contributed by atoms with Crippen LogP contribution in [0.3, 0.4) is 0 Å². The van der Waals surface area contributed by atoms with Crippen LogP contribution in [0.4, 0.5) is 13.2 Å². The Morgan fingerprint density at radius 2 is 2.00 bits per heavy atom. The zero-order valence-electron chi connectivity index (χ0n) is 11.2. The summed E-state index contributed by atoms with van der Waals surface area (Å²) in [6.45, 7) is 1.61. The number of alkyl halides is 3. The van der Waals surface area contributed by atoms with Crippen LogP contribution >= 0.6 is 0 Å². The number of aliphatic hydroxyl groups excluding tert-OH is 1. The highest BCUT2D eigenvalue weighted by atomic mass is 19.4. The number of ether oxygens (including phenoxy) is 2. The lowest BCUT2D eigenvalue weighted by Crippen LogP contribution is -2.24. The van der Waals surface area contributed by atoms with E-state index in [9.17, 15) is 23.1 Å². The van der Waals surface area contributed by atoms with Gasteiger partial charge in [-0.3, -0.25) is 0 Å². The maximum atomic E-state index is 12.9. The Morgan fingerprint density at radius 1 is 1.33 bits per heavy atom. The van der Waals surface area contributed by atoms with E-state index in [1.54, 1.807) is 6.92 Å². The van der Waals surface area contributed by atoms with Crippen molar-refractivity contribution in [3.63, 3.8) is 0 Å². The van der Waals surface area contributed by atoms with Gasteiger partial charge in [0, 0.05) is 6.61 Å². The van der Waals surface area contributed by atoms with Crippen molar-refractivity contribution < 1.29 is 37.7 Å². The number of carboxylic acids is 1. The van der Waals surface area contributed by atoms with Crippen LogP contribution in [0.5, 0.6) is 5.75 Å². The zero-order chi connectivity index (χ0) is 16.0.